The number of hydrogen-bond acceptors (Lipinski definition) is 4. The number of aromatic nitrogens is 2. The molecule has 3 unspecified atom stereocenters. The molecule has 5 nitrogen and oxygen atoms in total. The number of aliphatic hydroxyl groups is 1. The van der Waals surface area contributed by atoms with Crippen molar-refractivity contribution in [1.82, 2.24) is 9.78 Å². The predicted octanol–water partition coefficient (Wildman–Crippen LogP) is 2.25. The average molecular weight is 280 g/mol. The van der Waals surface area contributed by atoms with Gasteiger partial charge < -0.3 is 9.84 Å². The highest BCUT2D eigenvalue weighted by atomic mass is 16.5. The molecule has 0 saturated heterocycles. The molecule has 0 amide bonds. The van der Waals surface area contributed by atoms with Crippen LogP contribution in [0.5, 0.6) is 0 Å². The lowest BCUT2D eigenvalue weighted by Crippen LogP contribution is -2.21. The van der Waals surface area contributed by atoms with Crippen LogP contribution in [0.25, 0.3) is 0 Å². The van der Waals surface area contributed by atoms with Crippen LogP contribution in [0.3, 0.4) is 0 Å². The monoisotopic (exact) mass is 280 g/mol. The second kappa shape index (κ2) is 5.95. The largest absolute Gasteiger partial charge is 0.466 e. The fourth-order valence-corrected chi connectivity index (χ4v) is 3.22. The van der Waals surface area contributed by atoms with Crippen molar-refractivity contribution in [2.24, 2.45) is 0 Å². The first-order valence-electron chi connectivity index (χ1n) is 7.37. The third-order valence-electron chi connectivity index (χ3n) is 4.21. The lowest BCUT2D eigenvalue weighted by molar-refractivity contribution is -0.144. The molecule has 112 valence electrons. The van der Waals surface area contributed by atoms with Crippen LogP contribution in [0.15, 0.2) is 0 Å². The minimum atomic E-state index is -0.334. The van der Waals surface area contributed by atoms with Crippen LogP contribution in [0.1, 0.15) is 62.0 Å². The predicted molar refractivity (Wildman–Crippen MR) is 75.6 cm³/mol. The number of aryl methyl sites for hydroxylation is 1. The number of hydrogen-bond donors (Lipinski definition) is 1. The van der Waals surface area contributed by atoms with Crippen molar-refractivity contribution in [2.75, 3.05) is 6.61 Å². The van der Waals surface area contributed by atoms with Gasteiger partial charge in [-0.3, -0.25) is 9.48 Å². The lowest BCUT2D eigenvalue weighted by atomic mass is 9.99. The van der Waals surface area contributed by atoms with Crippen LogP contribution in [0.4, 0.5) is 0 Å². The van der Waals surface area contributed by atoms with Gasteiger partial charge in [-0.05, 0) is 47.0 Å². The van der Waals surface area contributed by atoms with Gasteiger partial charge in [0.2, 0.25) is 0 Å². The first-order chi connectivity index (χ1) is 9.47. The van der Waals surface area contributed by atoms with Crippen LogP contribution in [-0.2, 0) is 9.53 Å². The summed E-state index contributed by atoms with van der Waals surface area (Å²) in [5.41, 5.74) is 2.75. The molecule has 3 atom stereocenters. The molecule has 2 rings (SSSR count). The molecule has 20 heavy (non-hydrogen) atoms. The highest BCUT2D eigenvalue weighted by Crippen LogP contribution is 2.34. The summed E-state index contributed by atoms with van der Waals surface area (Å²) in [7, 11) is 0. The number of carbonyl (C=O) groups is 1. The number of ether oxygens (including phenoxy) is 1. The SMILES string of the molecule is CCOC(=O)C(C)c1c(C)nn(C2CCCC2O)c1C. The fraction of sp³-hybridized carbons (Fsp3) is 0.733. The summed E-state index contributed by atoms with van der Waals surface area (Å²) in [6, 6.07) is 0.0387. The summed E-state index contributed by atoms with van der Waals surface area (Å²) in [6.07, 6.45) is 2.45. The fourth-order valence-electron chi connectivity index (χ4n) is 3.22. The van der Waals surface area contributed by atoms with E-state index in [1.807, 2.05) is 32.4 Å². The van der Waals surface area contributed by atoms with Gasteiger partial charge in [-0.2, -0.15) is 5.10 Å². The summed E-state index contributed by atoms with van der Waals surface area (Å²) in [5.74, 6) is -0.535. The maximum atomic E-state index is 11.9. The Balaban J connectivity index is 2.31. The Labute approximate surface area is 119 Å². The normalized spacial score (nSPS) is 23.9. The number of carbonyl (C=O) groups excluding carboxylic acids is 1. The first-order valence-corrected chi connectivity index (χ1v) is 7.37. The molecular formula is C15H24N2O3. The molecule has 0 aromatic carbocycles. The molecule has 0 bridgehead atoms. The minimum absolute atomic E-state index is 0.0387. The third-order valence-corrected chi connectivity index (χ3v) is 4.21. The maximum Gasteiger partial charge on any atom is 0.313 e. The Hall–Kier alpha value is -1.36. The first kappa shape index (κ1) is 15.0. The van der Waals surface area contributed by atoms with E-state index in [9.17, 15) is 9.90 Å². The van der Waals surface area contributed by atoms with Crippen molar-refractivity contribution in [3.05, 3.63) is 17.0 Å². The number of rotatable bonds is 4. The van der Waals surface area contributed by atoms with Crippen LogP contribution >= 0.6 is 0 Å². The van der Waals surface area contributed by atoms with Gasteiger partial charge in [0, 0.05) is 11.3 Å². The highest BCUT2D eigenvalue weighted by molar-refractivity contribution is 5.78. The van der Waals surface area contributed by atoms with E-state index in [2.05, 4.69) is 5.10 Å². The van der Waals surface area contributed by atoms with Gasteiger partial charge in [-0.1, -0.05) is 0 Å². The molecule has 1 aliphatic carbocycles. The Morgan fingerprint density at radius 1 is 1.50 bits per heavy atom. The number of esters is 1. The molecule has 0 radical (unpaired) electrons. The van der Waals surface area contributed by atoms with E-state index in [-0.39, 0.29) is 24.0 Å². The van der Waals surface area contributed by atoms with Crippen molar-refractivity contribution >= 4 is 5.97 Å². The maximum absolute atomic E-state index is 11.9. The zero-order chi connectivity index (χ0) is 14.9. The van der Waals surface area contributed by atoms with E-state index in [0.29, 0.717) is 6.61 Å². The Kier molecular flexibility index (Phi) is 4.48. The molecule has 1 saturated carbocycles. The molecule has 0 aliphatic heterocycles. The molecule has 1 aromatic rings. The standard InChI is InChI=1S/C15H24N2O3/c1-5-20-15(19)9(2)14-10(3)16-17(11(14)4)12-7-6-8-13(12)18/h9,12-13,18H,5-8H2,1-4H3. The van der Waals surface area contributed by atoms with Gasteiger partial charge in [-0.25, -0.2) is 0 Å². The van der Waals surface area contributed by atoms with E-state index < -0.39 is 0 Å². The second-order valence-electron chi connectivity index (χ2n) is 5.57. The minimum Gasteiger partial charge on any atom is -0.466 e. The number of aliphatic hydroxyl groups excluding tert-OH is 1. The zero-order valence-electron chi connectivity index (χ0n) is 12.7. The molecule has 1 aromatic heterocycles. The van der Waals surface area contributed by atoms with Crippen LogP contribution in [0.2, 0.25) is 0 Å². The van der Waals surface area contributed by atoms with Crippen molar-refractivity contribution < 1.29 is 14.6 Å². The third kappa shape index (κ3) is 2.59. The molecule has 0 spiro atoms. The second-order valence-corrected chi connectivity index (χ2v) is 5.57. The Morgan fingerprint density at radius 2 is 2.20 bits per heavy atom. The van der Waals surface area contributed by atoms with Crippen molar-refractivity contribution in [3.63, 3.8) is 0 Å². The van der Waals surface area contributed by atoms with Gasteiger partial charge in [0.15, 0.2) is 0 Å². The van der Waals surface area contributed by atoms with E-state index in [1.54, 1.807) is 0 Å². The molecular weight excluding hydrogens is 256 g/mol. The van der Waals surface area contributed by atoms with Crippen LogP contribution in [-0.4, -0.2) is 33.6 Å². The summed E-state index contributed by atoms with van der Waals surface area (Å²) < 4.78 is 7.00. The van der Waals surface area contributed by atoms with Gasteiger partial charge in [0.1, 0.15) is 0 Å². The average Bonchev–Trinajstić information content (AvgIpc) is 2.93. The van der Waals surface area contributed by atoms with E-state index in [0.717, 1.165) is 36.2 Å². The molecule has 1 aliphatic rings. The zero-order valence-corrected chi connectivity index (χ0v) is 12.7. The smallest absolute Gasteiger partial charge is 0.313 e. The molecule has 1 fully saturated rings. The molecule has 5 heteroatoms. The van der Waals surface area contributed by atoms with E-state index >= 15 is 0 Å². The Bertz CT molecular complexity index is 496. The quantitative estimate of drug-likeness (QED) is 0.859. The summed E-state index contributed by atoms with van der Waals surface area (Å²) in [5, 5.41) is 14.6. The van der Waals surface area contributed by atoms with E-state index in [4.69, 9.17) is 4.74 Å². The van der Waals surface area contributed by atoms with Gasteiger partial charge in [0.25, 0.3) is 0 Å². The van der Waals surface area contributed by atoms with Crippen molar-refractivity contribution in [1.29, 1.82) is 0 Å². The molecule has 1 heterocycles. The number of nitrogens with zero attached hydrogens (tertiary/aromatic N) is 2. The summed E-state index contributed by atoms with van der Waals surface area (Å²) in [6.45, 7) is 7.93. The Morgan fingerprint density at radius 3 is 2.75 bits per heavy atom. The van der Waals surface area contributed by atoms with Crippen molar-refractivity contribution in [2.45, 2.75) is 65.0 Å². The van der Waals surface area contributed by atoms with E-state index in [1.165, 1.54) is 0 Å². The summed E-state index contributed by atoms with van der Waals surface area (Å²) >= 11 is 0. The van der Waals surface area contributed by atoms with Crippen LogP contribution < -0.4 is 0 Å². The summed E-state index contributed by atoms with van der Waals surface area (Å²) in [4.78, 5) is 11.9. The highest BCUT2D eigenvalue weighted by Gasteiger charge is 2.32. The van der Waals surface area contributed by atoms with Gasteiger partial charge >= 0.3 is 5.97 Å². The lowest BCUT2D eigenvalue weighted by Gasteiger charge is -2.18. The van der Waals surface area contributed by atoms with Crippen molar-refractivity contribution in [3.8, 4) is 0 Å². The topological polar surface area (TPSA) is 64.3 Å². The van der Waals surface area contributed by atoms with Gasteiger partial charge in [-0.15, -0.1) is 0 Å². The van der Waals surface area contributed by atoms with Gasteiger partial charge in [0.05, 0.1) is 30.4 Å². The molecule has 1 N–H and O–H groups in total. The van der Waals surface area contributed by atoms with Crippen LogP contribution in [0, 0.1) is 13.8 Å².